The molecule has 0 spiro atoms. The smallest absolute Gasteiger partial charge is 0.336 e. The summed E-state index contributed by atoms with van der Waals surface area (Å²) in [7, 11) is 0. The van der Waals surface area contributed by atoms with E-state index in [2.05, 4.69) is 18.9 Å². The summed E-state index contributed by atoms with van der Waals surface area (Å²) >= 11 is 1.47. The van der Waals surface area contributed by atoms with Crippen LogP contribution in [0.2, 0.25) is 0 Å². The number of unbranched alkanes of at least 4 members (excludes halogenated alkanes) is 6. The first-order valence-electron chi connectivity index (χ1n) is 20.2. The van der Waals surface area contributed by atoms with Gasteiger partial charge in [-0.25, -0.2) is 14.6 Å². The van der Waals surface area contributed by atoms with Crippen LogP contribution in [0.25, 0.3) is 21.3 Å². The average molecular weight is 798 g/mol. The van der Waals surface area contributed by atoms with Gasteiger partial charge >= 0.3 is 17.9 Å². The number of aliphatic hydroxyl groups excluding tert-OH is 1. The van der Waals surface area contributed by atoms with Crippen LogP contribution < -0.4 is 14.9 Å². The monoisotopic (exact) mass is 797 g/mol. The number of carboxylic acid groups (broad SMARTS) is 1. The Kier molecular flexibility index (Phi) is 17.1. The Morgan fingerprint density at radius 1 is 0.877 bits per heavy atom. The summed E-state index contributed by atoms with van der Waals surface area (Å²) in [6.45, 7) is 7.10. The molecule has 1 saturated carbocycles. The molecule has 0 unspecified atom stereocenters. The van der Waals surface area contributed by atoms with E-state index in [0.29, 0.717) is 64.6 Å². The van der Waals surface area contributed by atoms with Crippen molar-refractivity contribution in [2.45, 2.75) is 90.4 Å². The van der Waals surface area contributed by atoms with E-state index in [1.54, 1.807) is 36.4 Å². The lowest BCUT2D eigenvalue weighted by Crippen LogP contribution is -2.25. The lowest BCUT2D eigenvalue weighted by atomic mass is 9.81. The summed E-state index contributed by atoms with van der Waals surface area (Å²) < 4.78 is 18.2. The molecule has 304 valence electrons. The number of ether oxygens (including phenoxy) is 3. The summed E-state index contributed by atoms with van der Waals surface area (Å²) in [4.78, 5) is 42.5. The van der Waals surface area contributed by atoms with Gasteiger partial charge in [0, 0.05) is 30.4 Å². The minimum absolute atomic E-state index is 0.0793. The molecule has 11 nitrogen and oxygen atoms in total. The van der Waals surface area contributed by atoms with E-state index < -0.39 is 11.9 Å². The van der Waals surface area contributed by atoms with E-state index in [1.807, 2.05) is 24.3 Å². The highest BCUT2D eigenvalue weighted by Crippen LogP contribution is 2.37. The Hall–Kier alpha value is -5.07. The molecule has 0 bridgehead atoms. The number of nitrogens with one attached hydrogen (secondary N) is 1. The molecule has 57 heavy (non-hydrogen) atoms. The number of benzene rings is 3. The highest BCUT2D eigenvalue weighted by molar-refractivity contribution is 7.20. The lowest BCUT2D eigenvalue weighted by Gasteiger charge is -2.26. The fraction of sp³-hybridized carbons (Fsp3) is 0.444. The Labute approximate surface area is 339 Å². The van der Waals surface area contributed by atoms with Crippen molar-refractivity contribution >= 4 is 45.2 Å². The number of hydrogen-bond acceptors (Lipinski definition) is 11. The van der Waals surface area contributed by atoms with Crippen molar-refractivity contribution in [1.82, 2.24) is 10.4 Å². The number of aliphatic hydroxyl groups is 1. The van der Waals surface area contributed by atoms with Crippen molar-refractivity contribution in [2.75, 3.05) is 26.4 Å². The number of hydrogen-bond donors (Lipinski definition) is 3. The molecule has 0 atom stereocenters. The average Bonchev–Trinajstić information content (AvgIpc) is 3.66. The van der Waals surface area contributed by atoms with Crippen molar-refractivity contribution < 1.29 is 38.8 Å². The van der Waals surface area contributed by atoms with Gasteiger partial charge in [0.1, 0.15) is 22.2 Å². The summed E-state index contributed by atoms with van der Waals surface area (Å²) in [6, 6.07) is 18.0. The lowest BCUT2D eigenvalue weighted by molar-refractivity contribution is -0.140. The van der Waals surface area contributed by atoms with Crippen molar-refractivity contribution in [3.63, 3.8) is 0 Å². The molecule has 5 rings (SSSR count). The molecule has 0 amide bonds. The zero-order chi connectivity index (χ0) is 40.4. The Bertz CT molecular complexity index is 1950. The maximum Gasteiger partial charge on any atom is 0.336 e. The molecule has 1 heterocycles. The number of hydrazone groups is 1. The van der Waals surface area contributed by atoms with Gasteiger partial charge in [-0.05, 0) is 124 Å². The maximum atomic E-state index is 13.5. The van der Waals surface area contributed by atoms with Gasteiger partial charge in [0.05, 0.1) is 34.9 Å². The first-order chi connectivity index (χ1) is 27.8. The first-order valence-corrected chi connectivity index (χ1v) is 21.1. The fourth-order valence-electron chi connectivity index (χ4n) is 7.03. The Balaban J connectivity index is 1.48. The number of aromatic carboxylic acids is 1. The van der Waals surface area contributed by atoms with Crippen LogP contribution in [0.15, 0.2) is 78.4 Å². The summed E-state index contributed by atoms with van der Waals surface area (Å²) in [5.74, 6) is -0.473. The molecule has 1 fully saturated rings. The molecule has 0 aliphatic heterocycles. The van der Waals surface area contributed by atoms with E-state index in [1.165, 1.54) is 11.3 Å². The number of nitrogens with zero attached hydrogens (tertiary/aromatic N) is 2. The number of carbonyl (C=O) groups is 3. The maximum absolute atomic E-state index is 13.5. The van der Waals surface area contributed by atoms with Crippen LogP contribution in [-0.2, 0) is 14.3 Å². The van der Waals surface area contributed by atoms with E-state index in [-0.39, 0.29) is 24.1 Å². The van der Waals surface area contributed by atoms with Crippen molar-refractivity contribution in [1.29, 1.82) is 0 Å². The zero-order valence-electron chi connectivity index (χ0n) is 32.9. The number of aromatic nitrogens is 1. The second-order valence-electron chi connectivity index (χ2n) is 14.4. The molecule has 3 aromatic carbocycles. The second-order valence-corrected chi connectivity index (χ2v) is 15.4. The molecule has 1 aromatic heterocycles. The van der Waals surface area contributed by atoms with Gasteiger partial charge in [-0.3, -0.25) is 4.79 Å². The number of rotatable bonds is 23. The minimum Gasteiger partial charge on any atom is -0.494 e. The van der Waals surface area contributed by atoms with Gasteiger partial charge in [0.25, 0.3) is 0 Å². The van der Waals surface area contributed by atoms with E-state index in [9.17, 15) is 24.6 Å². The van der Waals surface area contributed by atoms with Crippen LogP contribution in [0.5, 0.6) is 11.5 Å². The quantitative estimate of drug-likeness (QED) is 0.0165. The Morgan fingerprint density at radius 2 is 1.61 bits per heavy atom. The van der Waals surface area contributed by atoms with Crippen LogP contribution in [0.3, 0.4) is 0 Å². The predicted molar refractivity (Wildman–Crippen MR) is 224 cm³/mol. The number of esters is 2. The van der Waals surface area contributed by atoms with E-state index >= 15 is 0 Å². The molecule has 1 aliphatic carbocycles. The molecular weight excluding hydrogens is 743 g/mol. The van der Waals surface area contributed by atoms with Crippen LogP contribution in [0.1, 0.15) is 111 Å². The third-order valence-electron chi connectivity index (χ3n) is 10.3. The molecule has 0 saturated heterocycles. The minimum atomic E-state index is -1.10. The normalized spacial score (nSPS) is 15.6. The van der Waals surface area contributed by atoms with E-state index in [0.717, 1.165) is 99.8 Å². The molecule has 1 aliphatic rings. The van der Waals surface area contributed by atoms with Crippen molar-refractivity contribution in [3.05, 3.63) is 89.5 Å². The van der Waals surface area contributed by atoms with Gasteiger partial charge in [0.15, 0.2) is 0 Å². The van der Waals surface area contributed by atoms with E-state index in [4.69, 9.17) is 24.3 Å². The first kappa shape index (κ1) is 43.1. The largest absolute Gasteiger partial charge is 0.494 e. The molecule has 0 radical (unpaired) electrons. The van der Waals surface area contributed by atoms with Crippen molar-refractivity contribution in [2.24, 2.45) is 16.9 Å². The van der Waals surface area contributed by atoms with Gasteiger partial charge < -0.3 is 29.8 Å². The summed E-state index contributed by atoms with van der Waals surface area (Å²) in [6.07, 6.45) is 12.5. The summed E-state index contributed by atoms with van der Waals surface area (Å²) in [5.41, 5.74) is 6.15. The zero-order valence-corrected chi connectivity index (χ0v) is 33.7. The number of carbonyl (C=O) groups excluding carboxylic acids is 2. The second kappa shape index (κ2) is 22.6. The SMILES string of the molecule is C=CC(=O)OCCCCCCOc1ccc(C(=O)O)c(-c2ccc(OC(=O)C3CCC(CC)CC3)cc2C(=NNCCCCCCO)c2nc3ccccc3s2)c1. The third-order valence-corrected chi connectivity index (χ3v) is 11.4. The summed E-state index contributed by atoms with van der Waals surface area (Å²) in [5, 5.41) is 25.1. The molecular formula is C45H55N3O8S. The molecule has 3 N–H and O–H groups in total. The topological polar surface area (TPSA) is 157 Å². The molecule has 4 aromatic rings. The number of fused-ring (bicyclic) bond motifs is 1. The van der Waals surface area contributed by atoms with Gasteiger partial charge in [-0.15, -0.1) is 11.3 Å². The van der Waals surface area contributed by atoms with Gasteiger partial charge in [-0.1, -0.05) is 44.9 Å². The Morgan fingerprint density at radius 3 is 2.35 bits per heavy atom. The van der Waals surface area contributed by atoms with Crippen LogP contribution in [-0.4, -0.2) is 65.2 Å². The number of para-hydroxylation sites is 1. The van der Waals surface area contributed by atoms with Gasteiger partial charge in [0.2, 0.25) is 0 Å². The highest BCUT2D eigenvalue weighted by Gasteiger charge is 2.28. The van der Waals surface area contributed by atoms with Gasteiger partial charge in [-0.2, -0.15) is 5.10 Å². The van der Waals surface area contributed by atoms with Crippen LogP contribution in [0.4, 0.5) is 0 Å². The van der Waals surface area contributed by atoms with Crippen molar-refractivity contribution in [3.8, 4) is 22.6 Å². The fourth-order valence-corrected chi connectivity index (χ4v) is 8.00. The van der Waals surface area contributed by atoms with Crippen LogP contribution in [0, 0.1) is 11.8 Å². The van der Waals surface area contributed by atoms with Crippen LogP contribution >= 0.6 is 11.3 Å². The predicted octanol–water partition coefficient (Wildman–Crippen LogP) is 9.35. The molecule has 12 heteroatoms. The third kappa shape index (κ3) is 12.7. The number of carboxylic acids is 1. The highest BCUT2D eigenvalue weighted by atomic mass is 32.1. The standard InChI is InChI=1S/C45H55N3O8S/c1-3-31-17-19-32(20-18-31)45(53)56-34-22-23-35(37-29-33(21-24-36(37)44(51)52)54-27-13-7-8-14-28-55-41(50)4-2)38(30-34)42(48-46-25-11-5-6-12-26-49)43-47-39-15-9-10-16-40(39)57-43/h4,9-10,15-16,21-24,29-32,46,49H,2-3,5-8,11-14,17-20,25-28H2,1H3,(H,51,52). The number of thiazole rings is 1.